The lowest BCUT2D eigenvalue weighted by molar-refractivity contribution is 0.113. The zero-order valence-corrected chi connectivity index (χ0v) is 12.0. The van der Waals surface area contributed by atoms with E-state index >= 15 is 0 Å². The Kier molecular flexibility index (Phi) is 3.45. The number of imidazole rings is 1. The van der Waals surface area contributed by atoms with E-state index in [9.17, 15) is 0 Å². The number of nitrogen functional groups attached to an aromatic ring is 1. The summed E-state index contributed by atoms with van der Waals surface area (Å²) >= 11 is 12.0. The molecule has 0 amide bonds. The Labute approximate surface area is 116 Å². The summed E-state index contributed by atoms with van der Waals surface area (Å²) in [4.78, 5) is 4.31. The molecule has 2 aromatic rings. The number of rotatable bonds is 3. The van der Waals surface area contributed by atoms with E-state index in [4.69, 9.17) is 33.7 Å². The molecule has 0 atom stereocenters. The average molecular weight is 288 g/mol. The van der Waals surface area contributed by atoms with Crippen LogP contribution in [0.4, 0.5) is 5.95 Å². The summed E-state index contributed by atoms with van der Waals surface area (Å²) in [5, 5.41) is 0.955. The van der Waals surface area contributed by atoms with E-state index in [1.54, 1.807) is 19.2 Å². The van der Waals surface area contributed by atoms with E-state index in [-0.39, 0.29) is 5.54 Å². The third-order valence-electron chi connectivity index (χ3n) is 2.83. The summed E-state index contributed by atoms with van der Waals surface area (Å²) in [6.45, 7) is 4.57. The SMILES string of the molecule is COCC(C)(C)n1c(N)nc2cc(Cl)c(Cl)cc21. The van der Waals surface area contributed by atoms with E-state index in [1.807, 2.05) is 18.4 Å². The Morgan fingerprint density at radius 1 is 1.33 bits per heavy atom. The quantitative estimate of drug-likeness (QED) is 0.942. The lowest BCUT2D eigenvalue weighted by atomic mass is 10.1. The van der Waals surface area contributed by atoms with Gasteiger partial charge in [-0.2, -0.15) is 0 Å². The zero-order valence-electron chi connectivity index (χ0n) is 10.5. The zero-order chi connectivity index (χ0) is 13.5. The third kappa shape index (κ3) is 2.16. The Bertz CT molecular complexity index is 593. The van der Waals surface area contributed by atoms with Crippen molar-refractivity contribution < 1.29 is 4.74 Å². The van der Waals surface area contributed by atoms with Gasteiger partial charge >= 0.3 is 0 Å². The van der Waals surface area contributed by atoms with Crippen LogP contribution < -0.4 is 5.73 Å². The van der Waals surface area contributed by atoms with Crippen molar-refractivity contribution in [2.75, 3.05) is 19.5 Å². The second-order valence-electron chi connectivity index (χ2n) is 4.81. The Morgan fingerprint density at radius 3 is 2.56 bits per heavy atom. The molecule has 18 heavy (non-hydrogen) atoms. The standard InChI is InChI=1S/C12H15Cl2N3O/c1-12(2,6-18-3)17-10-5-8(14)7(13)4-9(10)16-11(17)15/h4-5H,6H2,1-3H3,(H2,15,16). The molecule has 0 aliphatic carbocycles. The van der Waals surface area contributed by atoms with Crippen LogP contribution in [-0.4, -0.2) is 23.3 Å². The highest BCUT2D eigenvalue weighted by Crippen LogP contribution is 2.32. The number of methoxy groups -OCH3 is 1. The summed E-state index contributed by atoms with van der Waals surface area (Å²) < 4.78 is 7.14. The molecule has 2 N–H and O–H groups in total. The molecule has 0 aliphatic rings. The topological polar surface area (TPSA) is 53.1 Å². The summed E-state index contributed by atoms with van der Waals surface area (Å²) in [5.74, 6) is 0.422. The first kappa shape index (κ1) is 13.5. The number of nitrogens with two attached hydrogens (primary N) is 1. The molecule has 1 aromatic carbocycles. The highest BCUT2D eigenvalue weighted by Gasteiger charge is 2.25. The molecule has 98 valence electrons. The summed E-state index contributed by atoms with van der Waals surface area (Å²) in [5.41, 5.74) is 7.24. The number of hydrogen-bond donors (Lipinski definition) is 1. The molecule has 0 unspecified atom stereocenters. The van der Waals surface area contributed by atoms with Crippen LogP contribution in [-0.2, 0) is 10.3 Å². The van der Waals surface area contributed by atoms with Gasteiger partial charge in [-0.25, -0.2) is 4.98 Å². The van der Waals surface area contributed by atoms with Gasteiger partial charge in [0.2, 0.25) is 5.95 Å². The molecule has 0 fully saturated rings. The van der Waals surface area contributed by atoms with E-state index < -0.39 is 0 Å². The van der Waals surface area contributed by atoms with Crippen molar-refractivity contribution in [3.05, 3.63) is 22.2 Å². The number of nitrogens with zero attached hydrogens (tertiary/aromatic N) is 2. The number of aromatic nitrogens is 2. The van der Waals surface area contributed by atoms with Crippen molar-refractivity contribution in [1.82, 2.24) is 9.55 Å². The smallest absolute Gasteiger partial charge is 0.201 e. The summed E-state index contributed by atoms with van der Waals surface area (Å²) in [6, 6.07) is 3.49. The van der Waals surface area contributed by atoms with Crippen LogP contribution in [0.25, 0.3) is 11.0 Å². The Balaban J connectivity index is 2.70. The van der Waals surface area contributed by atoms with Crippen LogP contribution in [0.5, 0.6) is 0 Å². The number of anilines is 1. The molecule has 4 nitrogen and oxygen atoms in total. The minimum absolute atomic E-state index is 0.315. The molecule has 0 saturated heterocycles. The third-order valence-corrected chi connectivity index (χ3v) is 3.55. The van der Waals surface area contributed by atoms with Crippen LogP contribution in [0.2, 0.25) is 10.0 Å². The highest BCUT2D eigenvalue weighted by atomic mass is 35.5. The number of ether oxygens (including phenoxy) is 1. The van der Waals surface area contributed by atoms with Crippen molar-refractivity contribution in [2.45, 2.75) is 19.4 Å². The predicted molar refractivity (Wildman–Crippen MR) is 75.4 cm³/mol. The molecule has 2 rings (SSSR count). The maximum Gasteiger partial charge on any atom is 0.201 e. The van der Waals surface area contributed by atoms with Crippen molar-refractivity contribution >= 4 is 40.2 Å². The van der Waals surface area contributed by atoms with Crippen molar-refractivity contribution in [1.29, 1.82) is 0 Å². The number of hydrogen-bond acceptors (Lipinski definition) is 3. The molecular formula is C12H15Cl2N3O. The maximum absolute atomic E-state index is 6.05. The molecule has 0 aliphatic heterocycles. The summed E-state index contributed by atoms with van der Waals surface area (Å²) in [6.07, 6.45) is 0. The molecule has 1 aromatic heterocycles. The van der Waals surface area contributed by atoms with E-state index in [0.717, 1.165) is 11.0 Å². The van der Waals surface area contributed by atoms with Gasteiger partial charge in [0.25, 0.3) is 0 Å². The molecule has 0 saturated carbocycles. The first-order valence-corrected chi connectivity index (χ1v) is 6.25. The van der Waals surface area contributed by atoms with Gasteiger partial charge in [-0.15, -0.1) is 0 Å². The second kappa shape index (κ2) is 4.61. The van der Waals surface area contributed by atoms with E-state index in [1.165, 1.54) is 0 Å². The normalized spacial score (nSPS) is 12.3. The minimum atomic E-state index is -0.315. The lowest BCUT2D eigenvalue weighted by Gasteiger charge is -2.27. The molecule has 1 heterocycles. The van der Waals surface area contributed by atoms with Crippen molar-refractivity contribution in [3.63, 3.8) is 0 Å². The fourth-order valence-corrected chi connectivity index (χ4v) is 2.46. The van der Waals surface area contributed by atoms with Crippen LogP contribution in [0.15, 0.2) is 12.1 Å². The number of halogens is 2. The first-order valence-electron chi connectivity index (χ1n) is 5.49. The fraction of sp³-hybridized carbons (Fsp3) is 0.417. The minimum Gasteiger partial charge on any atom is -0.382 e. The molecular weight excluding hydrogens is 273 g/mol. The van der Waals surface area contributed by atoms with E-state index in [2.05, 4.69) is 4.98 Å². The van der Waals surface area contributed by atoms with Crippen LogP contribution in [0.1, 0.15) is 13.8 Å². The monoisotopic (exact) mass is 287 g/mol. The summed E-state index contributed by atoms with van der Waals surface area (Å²) in [7, 11) is 1.65. The number of benzene rings is 1. The first-order chi connectivity index (χ1) is 8.36. The van der Waals surface area contributed by atoms with Gasteiger partial charge in [0.1, 0.15) is 0 Å². The van der Waals surface area contributed by atoms with E-state index in [0.29, 0.717) is 22.6 Å². The molecule has 6 heteroatoms. The Morgan fingerprint density at radius 2 is 1.94 bits per heavy atom. The molecule has 0 bridgehead atoms. The van der Waals surface area contributed by atoms with Gasteiger partial charge in [-0.3, -0.25) is 0 Å². The maximum atomic E-state index is 6.05. The van der Waals surface area contributed by atoms with Gasteiger partial charge in [0.05, 0.1) is 33.2 Å². The average Bonchev–Trinajstić information content (AvgIpc) is 2.55. The highest BCUT2D eigenvalue weighted by molar-refractivity contribution is 6.42. The van der Waals surface area contributed by atoms with Gasteiger partial charge in [-0.05, 0) is 26.0 Å². The fourth-order valence-electron chi connectivity index (χ4n) is 2.15. The molecule has 0 radical (unpaired) electrons. The van der Waals surface area contributed by atoms with Gasteiger partial charge < -0.3 is 15.0 Å². The Hall–Kier alpha value is -0.970. The van der Waals surface area contributed by atoms with Crippen molar-refractivity contribution in [3.8, 4) is 0 Å². The largest absolute Gasteiger partial charge is 0.382 e. The molecule has 0 spiro atoms. The van der Waals surface area contributed by atoms with Crippen molar-refractivity contribution in [2.24, 2.45) is 0 Å². The second-order valence-corrected chi connectivity index (χ2v) is 5.62. The lowest BCUT2D eigenvalue weighted by Crippen LogP contribution is -2.32. The predicted octanol–water partition coefficient (Wildman–Crippen LogP) is 3.31. The van der Waals surface area contributed by atoms with Gasteiger partial charge in [0.15, 0.2) is 0 Å². The van der Waals surface area contributed by atoms with Gasteiger partial charge in [-0.1, -0.05) is 23.2 Å². The van der Waals surface area contributed by atoms with Crippen LogP contribution in [0.3, 0.4) is 0 Å². The van der Waals surface area contributed by atoms with Crippen LogP contribution >= 0.6 is 23.2 Å². The van der Waals surface area contributed by atoms with Gasteiger partial charge in [0, 0.05) is 7.11 Å². The number of fused-ring (bicyclic) bond motifs is 1. The van der Waals surface area contributed by atoms with Crippen LogP contribution in [0, 0.1) is 0 Å².